The van der Waals surface area contributed by atoms with Gasteiger partial charge in [0.25, 0.3) is 0 Å². The fourth-order valence-electron chi connectivity index (χ4n) is 1.46. The monoisotopic (exact) mass is 210 g/mol. The molecule has 1 aromatic heterocycles. The van der Waals surface area contributed by atoms with Crippen LogP contribution in [0.25, 0.3) is 12.2 Å². The molecule has 0 aliphatic heterocycles. The second kappa shape index (κ2) is 4.62. The van der Waals surface area contributed by atoms with Gasteiger partial charge in [0.05, 0.1) is 0 Å². The van der Waals surface area contributed by atoms with Crippen molar-refractivity contribution in [2.75, 3.05) is 5.73 Å². The summed E-state index contributed by atoms with van der Waals surface area (Å²) >= 11 is 0. The molecule has 2 nitrogen and oxygen atoms in total. The number of rotatable bonds is 2. The van der Waals surface area contributed by atoms with E-state index >= 15 is 0 Å². The van der Waals surface area contributed by atoms with Crippen molar-refractivity contribution < 1.29 is 0 Å². The summed E-state index contributed by atoms with van der Waals surface area (Å²) in [6, 6.07) is 9.81. The van der Waals surface area contributed by atoms with E-state index in [9.17, 15) is 0 Å². The van der Waals surface area contributed by atoms with E-state index in [4.69, 9.17) is 5.73 Å². The van der Waals surface area contributed by atoms with Gasteiger partial charge in [-0.3, -0.25) is 4.98 Å². The molecule has 2 aromatic rings. The molecule has 16 heavy (non-hydrogen) atoms. The summed E-state index contributed by atoms with van der Waals surface area (Å²) < 4.78 is 0. The number of nitrogens with zero attached hydrogens (tertiary/aromatic N) is 1. The lowest BCUT2D eigenvalue weighted by Gasteiger charge is -1.98. The molecule has 0 aliphatic rings. The van der Waals surface area contributed by atoms with E-state index in [0.717, 1.165) is 11.3 Å². The Balaban J connectivity index is 2.21. The number of hydrogen-bond donors (Lipinski definition) is 1. The number of nitrogen functional groups attached to an aromatic ring is 1. The molecule has 0 amide bonds. The summed E-state index contributed by atoms with van der Waals surface area (Å²) in [7, 11) is 0. The van der Waals surface area contributed by atoms with E-state index in [0.29, 0.717) is 0 Å². The number of benzene rings is 1. The smallest absolute Gasteiger partial charge is 0.0314 e. The highest BCUT2D eigenvalue weighted by Crippen LogP contribution is 2.12. The number of nitrogens with two attached hydrogens (primary N) is 1. The van der Waals surface area contributed by atoms with Crippen molar-refractivity contribution in [3.8, 4) is 0 Å². The molecule has 0 aliphatic carbocycles. The lowest BCUT2D eigenvalue weighted by atomic mass is 10.1. The lowest BCUT2D eigenvalue weighted by molar-refractivity contribution is 1.26. The van der Waals surface area contributed by atoms with Crippen LogP contribution in [0.5, 0.6) is 0 Å². The molecule has 0 fully saturated rings. The first-order chi connectivity index (χ1) is 7.75. The Morgan fingerprint density at radius 2 is 1.81 bits per heavy atom. The predicted molar refractivity (Wildman–Crippen MR) is 68.8 cm³/mol. The third-order valence-electron chi connectivity index (χ3n) is 2.46. The van der Waals surface area contributed by atoms with Gasteiger partial charge in [0, 0.05) is 18.1 Å². The second-order valence-electron chi connectivity index (χ2n) is 3.73. The number of pyridine rings is 1. The third-order valence-corrected chi connectivity index (χ3v) is 2.46. The van der Waals surface area contributed by atoms with Crippen LogP contribution in [0.2, 0.25) is 0 Å². The normalized spacial score (nSPS) is 10.8. The molecule has 1 aromatic carbocycles. The van der Waals surface area contributed by atoms with Crippen molar-refractivity contribution in [2.24, 2.45) is 0 Å². The maximum atomic E-state index is 5.63. The lowest BCUT2D eigenvalue weighted by Crippen LogP contribution is -1.83. The van der Waals surface area contributed by atoms with Crippen LogP contribution in [0.15, 0.2) is 42.7 Å². The maximum Gasteiger partial charge on any atom is 0.0314 e. The average molecular weight is 210 g/mol. The highest BCUT2D eigenvalue weighted by atomic mass is 14.6. The van der Waals surface area contributed by atoms with Gasteiger partial charge in [-0.1, -0.05) is 24.3 Å². The van der Waals surface area contributed by atoms with Gasteiger partial charge in [-0.25, -0.2) is 0 Å². The second-order valence-corrected chi connectivity index (χ2v) is 3.73. The Hall–Kier alpha value is -2.09. The van der Waals surface area contributed by atoms with Gasteiger partial charge in [-0.2, -0.15) is 0 Å². The predicted octanol–water partition coefficient (Wildman–Crippen LogP) is 3.14. The number of hydrogen-bond acceptors (Lipinski definition) is 2. The molecule has 2 rings (SSSR count). The van der Waals surface area contributed by atoms with E-state index < -0.39 is 0 Å². The molecule has 2 N–H and O–H groups in total. The van der Waals surface area contributed by atoms with Crippen LogP contribution in [-0.4, -0.2) is 4.98 Å². The fraction of sp³-hybridized carbons (Fsp3) is 0.0714. The Morgan fingerprint density at radius 3 is 2.50 bits per heavy atom. The number of anilines is 1. The molecule has 2 heteroatoms. The summed E-state index contributed by atoms with van der Waals surface area (Å²) in [6.07, 6.45) is 7.82. The summed E-state index contributed by atoms with van der Waals surface area (Å²) in [5.41, 5.74) is 9.92. The van der Waals surface area contributed by atoms with Gasteiger partial charge in [0.15, 0.2) is 0 Å². The van der Waals surface area contributed by atoms with Crippen LogP contribution >= 0.6 is 0 Å². The minimum atomic E-state index is 0.789. The molecule has 0 radical (unpaired) electrons. The highest BCUT2D eigenvalue weighted by molar-refractivity contribution is 5.71. The zero-order valence-electron chi connectivity index (χ0n) is 9.22. The number of aromatic nitrogens is 1. The summed E-state index contributed by atoms with van der Waals surface area (Å²) in [5.74, 6) is 0. The zero-order valence-corrected chi connectivity index (χ0v) is 9.22. The van der Waals surface area contributed by atoms with Crippen molar-refractivity contribution in [3.63, 3.8) is 0 Å². The summed E-state index contributed by atoms with van der Waals surface area (Å²) in [5, 5.41) is 0. The van der Waals surface area contributed by atoms with Crippen LogP contribution in [0, 0.1) is 6.92 Å². The van der Waals surface area contributed by atoms with E-state index in [1.807, 2.05) is 36.5 Å². The Bertz CT molecular complexity index is 498. The molecule has 0 saturated heterocycles. The van der Waals surface area contributed by atoms with Crippen LogP contribution in [-0.2, 0) is 0 Å². The van der Waals surface area contributed by atoms with Gasteiger partial charge in [0.2, 0.25) is 0 Å². The van der Waals surface area contributed by atoms with Gasteiger partial charge in [0.1, 0.15) is 0 Å². The topological polar surface area (TPSA) is 38.9 Å². The standard InChI is InChI=1S/C14H14N2/c1-11-10-16-9-8-13(11)5-2-12-3-6-14(15)7-4-12/h2-10H,15H2,1H3/b5-2+. The molecular formula is C14H14N2. The van der Waals surface area contributed by atoms with E-state index in [1.54, 1.807) is 6.20 Å². The summed E-state index contributed by atoms with van der Waals surface area (Å²) in [4.78, 5) is 4.06. The van der Waals surface area contributed by atoms with E-state index in [1.165, 1.54) is 11.1 Å². The first kappa shape index (κ1) is 10.4. The largest absolute Gasteiger partial charge is 0.399 e. The van der Waals surface area contributed by atoms with Crippen molar-refractivity contribution in [1.82, 2.24) is 4.98 Å². The van der Waals surface area contributed by atoms with Crippen molar-refractivity contribution in [3.05, 3.63) is 59.4 Å². The first-order valence-electron chi connectivity index (χ1n) is 5.20. The number of aryl methyl sites for hydroxylation is 1. The van der Waals surface area contributed by atoms with Crippen LogP contribution in [0.4, 0.5) is 5.69 Å². The molecule has 0 bridgehead atoms. The Labute approximate surface area is 95.5 Å². The minimum absolute atomic E-state index is 0.789. The first-order valence-corrected chi connectivity index (χ1v) is 5.20. The van der Waals surface area contributed by atoms with Crippen LogP contribution in [0.3, 0.4) is 0 Å². The van der Waals surface area contributed by atoms with Crippen molar-refractivity contribution in [1.29, 1.82) is 0 Å². The van der Waals surface area contributed by atoms with Gasteiger partial charge < -0.3 is 5.73 Å². The molecular weight excluding hydrogens is 196 g/mol. The quantitative estimate of drug-likeness (QED) is 0.773. The Morgan fingerprint density at radius 1 is 1.06 bits per heavy atom. The van der Waals surface area contributed by atoms with Gasteiger partial charge >= 0.3 is 0 Å². The van der Waals surface area contributed by atoms with Gasteiger partial charge in [-0.15, -0.1) is 0 Å². The molecule has 1 heterocycles. The summed E-state index contributed by atoms with van der Waals surface area (Å²) in [6.45, 7) is 2.05. The maximum absolute atomic E-state index is 5.63. The average Bonchev–Trinajstić information content (AvgIpc) is 2.30. The van der Waals surface area contributed by atoms with Crippen LogP contribution in [0.1, 0.15) is 16.7 Å². The van der Waals surface area contributed by atoms with E-state index in [-0.39, 0.29) is 0 Å². The van der Waals surface area contributed by atoms with Gasteiger partial charge in [-0.05, 0) is 41.8 Å². The highest BCUT2D eigenvalue weighted by Gasteiger charge is 1.92. The third kappa shape index (κ3) is 2.48. The molecule has 0 saturated carbocycles. The molecule has 0 atom stereocenters. The van der Waals surface area contributed by atoms with E-state index in [2.05, 4.69) is 24.1 Å². The molecule has 0 unspecified atom stereocenters. The zero-order chi connectivity index (χ0) is 11.4. The minimum Gasteiger partial charge on any atom is -0.399 e. The molecule has 0 spiro atoms. The SMILES string of the molecule is Cc1cnccc1/C=C/c1ccc(N)cc1. The molecule has 80 valence electrons. The Kier molecular flexibility index (Phi) is 3.01. The van der Waals surface area contributed by atoms with Crippen molar-refractivity contribution >= 4 is 17.8 Å². The fourth-order valence-corrected chi connectivity index (χ4v) is 1.46. The van der Waals surface area contributed by atoms with Crippen LogP contribution < -0.4 is 5.73 Å². The van der Waals surface area contributed by atoms with Crippen molar-refractivity contribution in [2.45, 2.75) is 6.92 Å².